The molecule has 0 aromatic carbocycles. The molecule has 7 heteroatoms. The maximum atomic E-state index is 10.4. The van der Waals surface area contributed by atoms with E-state index < -0.39 is 22.4 Å². The molecule has 1 rings (SSSR count). The van der Waals surface area contributed by atoms with Crippen LogP contribution in [0.2, 0.25) is 0 Å². The summed E-state index contributed by atoms with van der Waals surface area (Å²) in [5.41, 5.74) is -1.72. The summed E-state index contributed by atoms with van der Waals surface area (Å²) in [5.74, 6) is -1.84. The van der Waals surface area contributed by atoms with Crippen molar-refractivity contribution >= 4 is 18.0 Å². The van der Waals surface area contributed by atoms with Crippen molar-refractivity contribution in [2.24, 2.45) is 9.98 Å². The first-order valence-corrected chi connectivity index (χ1v) is 2.98. The molecule has 0 amide bonds. The van der Waals surface area contributed by atoms with E-state index >= 15 is 0 Å². The summed E-state index contributed by atoms with van der Waals surface area (Å²) in [6.07, 6.45) is 0.841. The van der Waals surface area contributed by atoms with E-state index in [0.29, 0.717) is 0 Å². The van der Waals surface area contributed by atoms with Gasteiger partial charge in [0, 0.05) is 6.92 Å². The van der Waals surface area contributed by atoms with Crippen LogP contribution in [0.3, 0.4) is 0 Å². The number of nitro groups is 1. The minimum absolute atomic E-state index is 0.528. The van der Waals surface area contributed by atoms with Gasteiger partial charge in [-0.25, -0.2) is 9.79 Å². The Balaban J connectivity index is 2.99. The van der Waals surface area contributed by atoms with Gasteiger partial charge in [0.15, 0.2) is 0 Å². The van der Waals surface area contributed by atoms with Gasteiger partial charge in [-0.05, 0) is 9.92 Å². The smallest absolute Gasteiger partial charge is 0.380 e. The van der Waals surface area contributed by atoms with Gasteiger partial charge >= 0.3 is 17.5 Å². The molecule has 1 unspecified atom stereocenters. The lowest BCUT2D eigenvalue weighted by Crippen LogP contribution is -2.29. The van der Waals surface area contributed by atoms with Crippen molar-refractivity contribution in [1.29, 1.82) is 0 Å². The molecule has 64 valence electrons. The van der Waals surface area contributed by atoms with E-state index in [4.69, 9.17) is 5.11 Å². The number of amidine groups is 1. The molecule has 0 aromatic heterocycles. The first kappa shape index (κ1) is 8.31. The monoisotopic (exact) mass is 171 g/mol. The molecule has 1 atom stereocenters. The van der Waals surface area contributed by atoms with Crippen molar-refractivity contribution in [3.8, 4) is 0 Å². The van der Waals surface area contributed by atoms with E-state index in [-0.39, 0.29) is 0 Å². The largest absolute Gasteiger partial charge is 0.476 e. The third-order valence-corrected chi connectivity index (χ3v) is 1.36. The second-order valence-electron chi connectivity index (χ2n) is 2.31. The molecular formula is C5H5N3O4. The topological polar surface area (TPSA) is 105 Å². The molecule has 12 heavy (non-hydrogen) atoms. The zero-order chi connectivity index (χ0) is 9.35. The lowest BCUT2D eigenvalue weighted by molar-refractivity contribution is -0.345. The Morgan fingerprint density at radius 2 is 2.42 bits per heavy atom. The number of hydrogen-bond donors (Lipinski definition) is 1. The fourth-order valence-corrected chi connectivity index (χ4v) is 0.655. The molecule has 0 saturated carbocycles. The number of rotatable bonds is 1. The zero-order valence-corrected chi connectivity index (χ0v) is 6.09. The minimum Gasteiger partial charge on any atom is -0.476 e. The van der Waals surface area contributed by atoms with Gasteiger partial charge < -0.3 is 15.2 Å². The van der Waals surface area contributed by atoms with Gasteiger partial charge in [0.05, 0.1) is 0 Å². The second kappa shape index (κ2) is 2.36. The van der Waals surface area contributed by atoms with Crippen molar-refractivity contribution in [1.82, 2.24) is 0 Å². The van der Waals surface area contributed by atoms with Crippen molar-refractivity contribution in [2.75, 3.05) is 0 Å². The molecule has 0 fully saturated rings. The molecule has 0 aromatic rings. The Hall–Kier alpha value is -1.79. The zero-order valence-electron chi connectivity index (χ0n) is 6.09. The SMILES string of the molecule is CC1(C(=O)O)N=CC([N+](=O)[O-])=N1. The van der Waals surface area contributed by atoms with E-state index in [9.17, 15) is 14.9 Å². The number of carbonyl (C=O) groups is 1. The lowest BCUT2D eigenvalue weighted by Gasteiger charge is -2.02. The average Bonchev–Trinajstić information content (AvgIpc) is 2.33. The summed E-state index contributed by atoms with van der Waals surface area (Å²) in [7, 11) is 0. The molecule has 1 aliphatic heterocycles. The molecule has 0 spiro atoms. The highest BCUT2D eigenvalue weighted by molar-refractivity contribution is 6.27. The Morgan fingerprint density at radius 3 is 2.67 bits per heavy atom. The van der Waals surface area contributed by atoms with Crippen molar-refractivity contribution in [2.45, 2.75) is 12.6 Å². The number of aliphatic carboxylic acids is 1. The molecule has 1 N–H and O–H groups in total. The predicted octanol–water partition coefficient (Wildman–Crippen LogP) is -0.453. The highest BCUT2D eigenvalue weighted by Crippen LogP contribution is 2.16. The number of carboxylic acid groups (broad SMARTS) is 1. The Kier molecular flexibility index (Phi) is 1.64. The molecule has 0 saturated heterocycles. The number of carboxylic acids is 1. The summed E-state index contributed by atoms with van der Waals surface area (Å²) in [4.78, 5) is 26.5. The van der Waals surface area contributed by atoms with E-state index in [1.807, 2.05) is 0 Å². The first-order valence-electron chi connectivity index (χ1n) is 2.98. The third-order valence-electron chi connectivity index (χ3n) is 1.36. The molecule has 1 heterocycles. The molecule has 0 aliphatic carbocycles. The molecule has 7 nitrogen and oxygen atoms in total. The van der Waals surface area contributed by atoms with Gasteiger partial charge in [0.25, 0.3) is 0 Å². The quantitative estimate of drug-likeness (QED) is 0.425. The van der Waals surface area contributed by atoms with Crippen LogP contribution in [0.1, 0.15) is 6.92 Å². The Labute approximate surface area is 66.6 Å². The van der Waals surface area contributed by atoms with Crippen LogP contribution in [0.25, 0.3) is 0 Å². The lowest BCUT2D eigenvalue weighted by atomic mass is 10.2. The van der Waals surface area contributed by atoms with Crippen LogP contribution < -0.4 is 0 Å². The van der Waals surface area contributed by atoms with E-state index in [1.165, 1.54) is 6.92 Å². The molecular weight excluding hydrogens is 166 g/mol. The minimum atomic E-state index is -1.72. The fourth-order valence-electron chi connectivity index (χ4n) is 0.655. The van der Waals surface area contributed by atoms with Gasteiger partial charge in [-0.3, -0.25) is 0 Å². The normalized spacial score (nSPS) is 26.9. The number of nitrogens with zero attached hydrogens (tertiary/aromatic N) is 3. The maximum Gasteiger partial charge on any atom is 0.380 e. The molecule has 1 aliphatic rings. The van der Waals surface area contributed by atoms with Gasteiger partial charge in [0.1, 0.15) is 6.21 Å². The summed E-state index contributed by atoms with van der Waals surface area (Å²) >= 11 is 0. The van der Waals surface area contributed by atoms with Gasteiger partial charge in [-0.2, -0.15) is 0 Å². The van der Waals surface area contributed by atoms with Gasteiger partial charge in [-0.1, -0.05) is 0 Å². The first-order chi connectivity index (χ1) is 5.46. The van der Waals surface area contributed by atoms with E-state index in [1.54, 1.807) is 0 Å². The highest BCUT2D eigenvalue weighted by atomic mass is 16.6. The van der Waals surface area contributed by atoms with Crippen molar-refractivity contribution < 1.29 is 14.8 Å². The third kappa shape index (κ3) is 1.16. The van der Waals surface area contributed by atoms with Crippen LogP contribution in [-0.4, -0.2) is 33.7 Å². The predicted molar refractivity (Wildman–Crippen MR) is 39.0 cm³/mol. The van der Waals surface area contributed by atoms with Gasteiger partial charge in [-0.15, -0.1) is 0 Å². The standard InChI is InChI=1S/C5H5N3O4/c1-5(4(9)10)6-2-3(7-5)8(11)12/h2H,1H3,(H,9,10). The maximum absolute atomic E-state index is 10.4. The van der Waals surface area contributed by atoms with E-state index in [2.05, 4.69) is 9.98 Å². The van der Waals surface area contributed by atoms with Crippen LogP contribution in [-0.2, 0) is 4.79 Å². The van der Waals surface area contributed by atoms with Crippen molar-refractivity contribution in [3.05, 3.63) is 10.1 Å². The summed E-state index contributed by atoms with van der Waals surface area (Å²) in [6.45, 7) is 1.18. The summed E-state index contributed by atoms with van der Waals surface area (Å²) in [5, 5.41) is 18.6. The highest BCUT2D eigenvalue weighted by Gasteiger charge is 2.43. The van der Waals surface area contributed by atoms with Crippen LogP contribution in [0.15, 0.2) is 9.98 Å². The second-order valence-corrected chi connectivity index (χ2v) is 2.31. The Morgan fingerprint density at radius 1 is 1.83 bits per heavy atom. The van der Waals surface area contributed by atoms with Gasteiger partial charge in [0.2, 0.25) is 0 Å². The van der Waals surface area contributed by atoms with Crippen molar-refractivity contribution in [3.63, 3.8) is 0 Å². The molecule has 0 radical (unpaired) electrons. The summed E-state index contributed by atoms with van der Waals surface area (Å²) in [6, 6.07) is 0. The molecule has 0 bridgehead atoms. The van der Waals surface area contributed by atoms with Crippen LogP contribution in [0.4, 0.5) is 0 Å². The Bertz CT molecular complexity index is 308. The summed E-state index contributed by atoms with van der Waals surface area (Å²) < 4.78 is 0. The number of hydrogen-bond acceptors (Lipinski definition) is 5. The average molecular weight is 171 g/mol. The van der Waals surface area contributed by atoms with Crippen LogP contribution >= 0.6 is 0 Å². The fraction of sp³-hybridized carbons (Fsp3) is 0.400. The van der Waals surface area contributed by atoms with Crippen LogP contribution in [0.5, 0.6) is 0 Å². The van der Waals surface area contributed by atoms with Crippen LogP contribution in [0, 0.1) is 10.1 Å². The number of aliphatic imine (C=N–C) groups is 2. The van der Waals surface area contributed by atoms with E-state index in [0.717, 1.165) is 6.21 Å².